The van der Waals surface area contributed by atoms with E-state index in [1.807, 2.05) is 0 Å². The molecule has 1 saturated heterocycles. The fourth-order valence-corrected chi connectivity index (χ4v) is 5.56. The molecule has 134 valence electrons. The first-order chi connectivity index (χ1) is 11.8. The summed E-state index contributed by atoms with van der Waals surface area (Å²) in [6, 6.07) is 12.7. The Balaban J connectivity index is 1.82. The van der Waals surface area contributed by atoms with Gasteiger partial charge in [-0.25, -0.2) is 16.8 Å². The molecule has 0 unspecified atom stereocenters. The first-order valence-corrected chi connectivity index (χ1v) is 11.6. The summed E-state index contributed by atoms with van der Waals surface area (Å²) >= 11 is 3.29. The standard InChI is InChI=1S/C16H17BrN2O4S2/c17-13-3-5-14(6-4-13)18-25(22,23)16-9-7-15(8-10-16)19-11-1-2-12-24(19,20)21/h3-10,18H,1-2,11-12H2. The molecule has 3 rings (SSSR count). The average Bonchev–Trinajstić information content (AvgIpc) is 2.57. The Morgan fingerprint density at radius 3 is 2.20 bits per heavy atom. The second-order valence-electron chi connectivity index (χ2n) is 5.70. The van der Waals surface area contributed by atoms with E-state index in [0.717, 1.165) is 10.9 Å². The molecule has 1 N–H and O–H groups in total. The van der Waals surface area contributed by atoms with Gasteiger partial charge in [0.25, 0.3) is 10.0 Å². The first-order valence-electron chi connectivity index (χ1n) is 7.67. The Morgan fingerprint density at radius 1 is 0.960 bits per heavy atom. The van der Waals surface area contributed by atoms with Gasteiger partial charge in [0.2, 0.25) is 10.0 Å². The minimum absolute atomic E-state index is 0.0774. The summed E-state index contributed by atoms with van der Waals surface area (Å²) < 4.78 is 53.8. The van der Waals surface area contributed by atoms with Gasteiger partial charge < -0.3 is 0 Å². The van der Waals surface area contributed by atoms with Crippen molar-refractivity contribution in [2.75, 3.05) is 21.3 Å². The summed E-state index contributed by atoms with van der Waals surface area (Å²) in [6.45, 7) is 0.422. The second-order valence-corrected chi connectivity index (χ2v) is 10.3. The lowest BCUT2D eigenvalue weighted by Gasteiger charge is -2.28. The normalized spacial score (nSPS) is 17.2. The summed E-state index contributed by atoms with van der Waals surface area (Å²) in [6.07, 6.45) is 1.45. The van der Waals surface area contributed by atoms with Crippen LogP contribution in [0.25, 0.3) is 0 Å². The summed E-state index contributed by atoms with van der Waals surface area (Å²) in [5.41, 5.74) is 0.938. The minimum Gasteiger partial charge on any atom is -0.280 e. The third-order valence-electron chi connectivity index (χ3n) is 3.88. The number of benzene rings is 2. The molecule has 0 amide bonds. The minimum atomic E-state index is -3.74. The van der Waals surface area contributed by atoms with Gasteiger partial charge in [0, 0.05) is 16.7 Å². The molecular formula is C16H17BrN2O4S2. The third kappa shape index (κ3) is 4.16. The number of rotatable bonds is 4. The van der Waals surface area contributed by atoms with E-state index in [1.165, 1.54) is 28.6 Å². The Hall–Kier alpha value is -1.58. The Morgan fingerprint density at radius 2 is 1.60 bits per heavy atom. The molecule has 2 aromatic rings. The number of sulfonamides is 2. The van der Waals surface area contributed by atoms with Crippen molar-refractivity contribution in [3.05, 3.63) is 53.0 Å². The van der Waals surface area contributed by atoms with Gasteiger partial charge in [-0.2, -0.15) is 0 Å². The Kier molecular flexibility index (Phi) is 5.08. The van der Waals surface area contributed by atoms with E-state index in [9.17, 15) is 16.8 Å². The van der Waals surface area contributed by atoms with Gasteiger partial charge in [-0.1, -0.05) is 15.9 Å². The van der Waals surface area contributed by atoms with Crippen LogP contribution in [0.15, 0.2) is 57.9 Å². The van der Waals surface area contributed by atoms with Crippen molar-refractivity contribution < 1.29 is 16.8 Å². The topological polar surface area (TPSA) is 83.6 Å². The highest BCUT2D eigenvalue weighted by Crippen LogP contribution is 2.25. The fraction of sp³-hybridized carbons (Fsp3) is 0.250. The first kappa shape index (κ1) is 18.2. The number of hydrogen-bond acceptors (Lipinski definition) is 4. The number of nitrogens with one attached hydrogen (secondary N) is 1. The predicted octanol–water partition coefficient (Wildman–Crippen LogP) is 3.18. The highest BCUT2D eigenvalue weighted by molar-refractivity contribution is 9.10. The van der Waals surface area contributed by atoms with Crippen molar-refractivity contribution in [2.24, 2.45) is 0 Å². The number of nitrogens with zero attached hydrogens (tertiary/aromatic N) is 1. The van der Waals surface area contributed by atoms with Gasteiger partial charge in [-0.15, -0.1) is 0 Å². The van der Waals surface area contributed by atoms with Crippen LogP contribution in [0, 0.1) is 0 Å². The smallest absolute Gasteiger partial charge is 0.261 e. The van der Waals surface area contributed by atoms with Crippen molar-refractivity contribution in [1.29, 1.82) is 0 Å². The molecule has 0 atom stereocenters. The molecule has 1 aliphatic rings. The molecule has 0 spiro atoms. The van der Waals surface area contributed by atoms with Gasteiger partial charge in [-0.05, 0) is 61.4 Å². The molecule has 1 fully saturated rings. The molecule has 0 radical (unpaired) electrons. The van der Waals surface area contributed by atoms with Crippen LogP contribution in [0.3, 0.4) is 0 Å². The van der Waals surface area contributed by atoms with Gasteiger partial charge in [-0.3, -0.25) is 9.03 Å². The molecule has 1 aliphatic heterocycles. The number of hydrogen-bond donors (Lipinski definition) is 1. The van der Waals surface area contributed by atoms with Crippen molar-refractivity contribution in [3.63, 3.8) is 0 Å². The summed E-state index contributed by atoms with van der Waals surface area (Å²) in [5.74, 6) is 0.123. The Labute approximate surface area is 156 Å². The fourth-order valence-electron chi connectivity index (χ4n) is 2.60. The van der Waals surface area contributed by atoms with E-state index in [0.29, 0.717) is 24.3 Å². The molecule has 6 nitrogen and oxygen atoms in total. The largest absolute Gasteiger partial charge is 0.280 e. The quantitative estimate of drug-likeness (QED) is 0.784. The van der Waals surface area contributed by atoms with E-state index in [-0.39, 0.29) is 10.6 Å². The average molecular weight is 445 g/mol. The summed E-state index contributed by atoms with van der Waals surface area (Å²) in [5, 5.41) is 0. The van der Waals surface area contributed by atoms with Gasteiger partial charge in [0.05, 0.1) is 16.3 Å². The van der Waals surface area contributed by atoms with E-state index in [2.05, 4.69) is 20.7 Å². The lowest BCUT2D eigenvalue weighted by Crippen LogP contribution is -2.37. The molecule has 0 bridgehead atoms. The van der Waals surface area contributed by atoms with Crippen LogP contribution in [-0.4, -0.2) is 29.1 Å². The van der Waals surface area contributed by atoms with Crippen LogP contribution in [0.5, 0.6) is 0 Å². The zero-order chi connectivity index (χ0) is 18.1. The predicted molar refractivity (Wildman–Crippen MR) is 102 cm³/mol. The van der Waals surface area contributed by atoms with Crippen LogP contribution in [0.4, 0.5) is 11.4 Å². The molecular weight excluding hydrogens is 428 g/mol. The zero-order valence-corrected chi connectivity index (χ0v) is 16.4. The van der Waals surface area contributed by atoms with Crippen LogP contribution in [0.1, 0.15) is 12.8 Å². The maximum atomic E-state index is 12.4. The van der Waals surface area contributed by atoms with Crippen LogP contribution < -0.4 is 9.03 Å². The lowest BCUT2D eigenvalue weighted by molar-refractivity contribution is 0.574. The number of anilines is 2. The van der Waals surface area contributed by atoms with E-state index >= 15 is 0 Å². The van der Waals surface area contributed by atoms with Crippen molar-refractivity contribution in [1.82, 2.24) is 0 Å². The van der Waals surface area contributed by atoms with Crippen molar-refractivity contribution >= 4 is 47.4 Å². The molecule has 9 heteroatoms. The highest BCUT2D eigenvalue weighted by atomic mass is 79.9. The van der Waals surface area contributed by atoms with Gasteiger partial charge in [0.1, 0.15) is 0 Å². The van der Waals surface area contributed by atoms with Crippen LogP contribution in [-0.2, 0) is 20.0 Å². The molecule has 1 heterocycles. The Bertz CT molecular complexity index is 956. The van der Waals surface area contributed by atoms with Gasteiger partial charge in [0.15, 0.2) is 0 Å². The van der Waals surface area contributed by atoms with Crippen LogP contribution in [0.2, 0.25) is 0 Å². The molecule has 0 aliphatic carbocycles. The van der Waals surface area contributed by atoms with Crippen molar-refractivity contribution in [3.8, 4) is 0 Å². The second kappa shape index (κ2) is 6.97. The molecule has 25 heavy (non-hydrogen) atoms. The summed E-state index contributed by atoms with van der Waals surface area (Å²) in [4.78, 5) is 0.0774. The third-order valence-corrected chi connectivity index (χ3v) is 7.68. The van der Waals surface area contributed by atoms with Crippen molar-refractivity contribution in [2.45, 2.75) is 17.7 Å². The van der Waals surface area contributed by atoms with E-state index < -0.39 is 20.0 Å². The SMILES string of the molecule is O=S(=O)(Nc1ccc(Br)cc1)c1ccc(N2CCCCS2(=O)=O)cc1. The zero-order valence-electron chi connectivity index (χ0n) is 13.2. The highest BCUT2D eigenvalue weighted by Gasteiger charge is 2.26. The summed E-state index contributed by atoms with van der Waals surface area (Å²) in [7, 11) is -7.05. The van der Waals surface area contributed by atoms with E-state index in [4.69, 9.17) is 0 Å². The van der Waals surface area contributed by atoms with Gasteiger partial charge >= 0.3 is 0 Å². The van der Waals surface area contributed by atoms with Crippen LogP contribution >= 0.6 is 15.9 Å². The monoisotopic (exact) mass is 444 g/mol. The number of halogens is 1. The van der Waals surface area contributed by atoms with E-state index in [1.54, 1.807) is 24.3 Å². The molecule has 2 aromatic carbocycles. The maximum absolute atomic E-state index is 12.4. The molecule has 0 aromatic heterocycles. The molecule has 0 saturated carbocycles. The lowest BCUT2D eigenvalue weighted by atomic mass is 10.3. The maximum Gasteiger partial charge on any atom is 0.261 e.